The molecule has 0 radical (unpaired) electrons. The largest absolute Gasteiger partial charge is 0.496 e. The van der Waals surface area contributed by atoms with Crippen molar-refractivity contribution in [1.29, 1.82) is 0 Å². The molecule has 0 atom stereocenters. The van der Waals surface area contributed by atoms with Crippen molar-refractivity contribution in [1.82, 2.24) is 5.32 Å². The summed E-state index contributed by atoms with van der Waals surface area (Å²) in [5.74, 6) is -0.854. The molecule has 1 amide bonds. The maximum absolute atomic E-state index is 12.9. The van der Waals surface area contributed by atoms with Crippen molar-refractivity contribution in [2.24, 2.45) is 0 Å². The van der Waals surface area contributed by atoms with E-state index in [2.05, 4.69) is 10.0 Å². The van der Waals surface area contributed by atoms with Crippen LogP contribution >= 0.6 is 0 Å². The van der Waals surface area contributed by atoms with Gasteiger partial charge in [0.2, 0.25) is 0 Å². The molecule has 0 bridgehead atoms. The molecule has 8 nitrogen and oxygen atoms in total. The van der Waals surface area contributed by atoms with Gasteiger partial charge in [-0.1, -0.05) is 12.1 Å². The highest BCUT2D eigenvalue weighted by atomic mass is 32.2. The zero-order valence-corrected chi connectivity index (χ0v) is 17.5. The Morgan fingerprint density at radius 3 is 2.38 bits per heavy atom. The van der Waals surface area contributed by atoms with Crippen molar-refractivity contribution in [2.75, 3.05) is 18.4 Å². The minimum Gasteiger partial charge on any atom is -0.496 e. The maximum Gasteiger partial charge on any atom is 0.340 e. The first-order valence-electron chi connectivity index (χ1n) is 8.97. The van der Waals surface area contributed by atoms with Crippen LogP contribution in [0.3, 0.4) is 0 Å². The molecule has 0 unspecified atom stereocenters. The average molecular weight is 420 g/mol. The van der Waals surface area contributed by atoms with Crippen molar-refractivity contribution >= 4 is 27.6 Å². The Hall–Kier alpha value is -3.07. The first kappa shape index (κ1) is 22.2. The van der Waals surface area contributed by atoms with Crippen LogP contribution in [0.1, 0.15) is 41.5 Å². The maximum atomic E-state index is 12.9. The lowest BCUT2D eigenvalue weighted by Gasteiger charge is -2.15. The number of esters is 1. The van der Waals surface area contributed by atoms with Gasteiger partial charge in [0.1, 0.15) is 5.75 Å². The third-order valence-electron chi connectivity index (χ3n) is 3.81. The number of rotatable bonds is 8. The Morgan fingerprint density at radius 1 is 1.07 bits per heavy atom. The lowest BCUT2D eigenvalue weighted by Crippen LogP contribution is -2.30. The van der Waals surface area contributed by atoms with E-state index < -0.39 is 21.9 Å². The summed E-state index contributed by atoms with van der Waals surface area (Å²) in [5.41, 5.74) is 0.252. The number of carbonyl (C=O) groups is 2. The highest BCUT2D eigenvalue weighted by Gasteiger charge is 2.22. The molecule has 2 N–H and O–H groups in total. The number of anilines is 1. The number of nitrogens with one attached hydrogen (secondary N) is 2. The highest BCUT2D eigenvalue weighted by molar-refractivity contribution is 7.92. The van der Waals surface area contributed by atoms with E-state index in [0.717, 1.165) is 0 Å². The molecule has 0 saturated carbocycles. The molecule has 2 aromatic rings. The summed E-state index contributed by atoms with van der Waals surface area (Å²) >= 11 is 0. The lowest BCUT2D eigenvalue weighted by molar-refractivity contribution is 0.0527. The van der Waals surface area contributed by atoms with E-state index in [9.17, 15) is 18.0 Å². The average Bonchev–Trinajstić information content (AvgIpc) is 2.67. The molecule has 0 saturated heterocycles. The Balaban J connectivity index is 2.42. The van der Waals surface area contributed by atoms with Gasteiger partial charge in [-0.15, -0.1) is 0 Å². The van der Waals surface area contributed by atoms with Crippen LogP contribution in [0.25, 0.3) is 0 Å². The summed E-state index contributed by atoms with van der Waals surface area (Å²) in [6.07, 6.45) is 0. The molecule has 0 heterocycles. The van der Waals surface area contributed by atoms with Gasteiger partial charge in [-0.05, 0) is 51.1 Å². The quantitative estimate of drug-likeness (QED) is 0.636. The summed E-state index contributed by atoms with van der Waals surface area (Å²) in [6.45, 7) is 5.40. The monoisotopic (exact) mass is 420 g/mol. The molecule has 0 aliphatic carbocycles. The van der Waals surface area contributed by atoms with Gasteiger partial charge in [0, 0.05) is 6.04 Å². The van der Waals surface area contributed by atoms with Crippen LogP contribution in [0, 0.1) is 0 Å². The van der Waals surface area contributed by atoms with Crippen molar-refractivity contribution < 1.29 is 27.5 Å². The van der Waals surface area contributed by atoms with Gasteiger partial charge in [-0.3, -0.25) is 9.52 Å². The SMILES string of the molecule is CCOC(=O)c1ccccc1NS(=O)(=O)c1ccc(OC)c(C(=O)NC(C)C)c1. The van der Waals surface area contributed by atoms with Gasteiger partial charge < -0.3 is 14.8 Å². The minimum absolute atomic E-state index is 0.0787. The predicted octanol–water partition coefficient (Wildman–Crippen LogP) is 2.81. The molecule has 29 heavy (non-hydrogen) atoms. The molecule has 156 valence electrons. The molecule has 0 aliphatic rings. The number of hydrogen-bond acceptors (Lipinski definition) is 6. The molecule has 9 heteroatoms. The standard InChI is InChI=1S/C20H24N2O6S/c1-5-28-20(24)15-8-6-7-9-17(15)22-29(25,26)14-10-11-18(27-4)16(12-14)19(23)21-13(2)3/h6-13,22H,5H2,1-4H3,(H,21,23). The zero-order chi connectivity index (χ0) is 21.6. The number of amides is 1. The molecule has 2 rings (SSSR count). The molecule has 0 aromatic heterocycles. The van der Waals surface area contributed by atoms with Crippen LogP contribution in [-0.2, 0) is 14.8 Å². The summed E-state index contributed by atoms with van der Waals surface area (Å²) < 4.78 is 38.3. The molecule has 0 spiro atoms. The van der Waals surface area contributed by atoms with Crippen LogP contribution in [-0.4, -0.2) is 40.1 Å². The minimum atomic E-state index is -4.09. The summed E-state index contributed by atoms with van der Waals surface area (Å²) in [4.78, 5) is 24.4. The van der Waals surface area contributed by atoms with Gasteiger partial charge >= 0.3 is 5.97 Å². The van der Waals surface area contributed by atoms with Crippen molar-refractivity contribution in [3.63, 3.8) is 0 Å². The normalized spacial score (nSPS) is 11.1. The van der Waals surface area contributed by atoms with E-state index in [1.165, 1.54) is 37.4 Å². The van der Waals surface area contributed by atoms with Gasteiger partial charge in [0.05, 0.1) is 35.4 Å². The highest BCUT2D eigenvalue weighted by Crippen LogP contribution is 2.25. The van der Waals surface area contributed by atoms with Crippen molar-refractivity contribution in [2.45, 2.75) is 31.7 Å². The van der Waals surface area contributed by atoms with Crippen LogP contribution in [0.4, 0.5) is 5.69 Å². The number of ether oxygens (including phenoxy) is 2. The van der Waals surface area contributed by atoms with E-state index in [4.69, 9.17) is 9.47 Å². The predicted molar refractivity (Wildman–Crippen MR) is 109 cm³/mol. The summed E-state index contributed by atoms with van der Waals surface area (Å²) in [7, 11) is -2.69. The summed E-state index contributed by atoms with van der Waals surface area (Å²) in [6, 6.07) is 9.93. The smallest absolute Gasteiger partial charge is 0.340 e. The molecular formula is C20H24N2O6S. The molecule has 2 aromatic carbocycles. The number of hydrogen-bond donors (Lipinski definition) is 2. The number of para-hydroxylation sites is 1. The Morgan fingerprint density at radius 2 is 1.76 bits per heavy atom. The van der Waals surface area contributed by atoms with E-state index in [0.29, 0.717) is 0 Å². The third-order valence-corrected chi connectivity index (χ3v) is 5.18. The second kappa shape index (κ2) is 9.42. The Kier molecular flexibility index (Phi) is 7.22. The molecule has 0 fully saturated rings. The van der Waals surface area contributed by atoms with E-state index in [1.54, 1.807) is 32.9 Å². The van der Waals surface area contributed by atoms with Crippen LogP contribution < -0.4 is 14.8 Å². The Bertz CT molecular complexity index is 1000. The van der Waals surface area contributed by atoms with Gasteiger partial charge in [-0.2, -0.15) is 0 Å². The number of methoxy groups -OCH3 is 1. The number of carbonyl (C=O) groups excluding carboxylic acids is 2. The molecule has 0 aliphatic heterocycles. The van der Waals surface area contributed by atoms with Gasteiger partial charge in [0.25, 0.3) is 15.9 Å². The van der Waals surface area contributed by atoms with Crippen LogP contribution in [0.5, 0.6) is 5.75 Å². The first-order valence-corrected chi connectivity index (χ1v) is 10.5. The molecular weight excluding hydrogens is 396 g/mol. The van der Waals surface area contributed by atoms with E-state index >= 15 is 0 Å². The lowest BCUT2D eigenvalue weighted by atomic mass is 10.2. The van der Waals surface area contributed by atoms with Gasteiger partial charge in [-0.25, -0.2) is 13.2 Å². The van der Waals surface area contributed by atoms with Crippen LogP contribution in [0.2, 0.25) is 0 Å². The van der Waals surface area contributed by atoms with Crippen molar-refractivity contribution in [3.8, 4) is 5.75 Å². The van der Waals surface area contributed by atoms with Gasteiger partial charge in [0.15, 0.2) is 0 Å². The third kappa shape index (κ3) is 5.47. The fourth-order valence-electron chi connectivity index (χ4n) is 2.53. The fourth-order valence-corrected chi connectivity index (χ4v) is 3.64. The van der Waals surface area contributed by atoms with E-state index in [-0.39, 0.29) is 40.1 Å². The van der Waals surface area contributed by atoms with Crippen molar-refractivity contribution in [3.05, 3.63) is 53.6 Å². The summed E-state index contributed by atoms with van der Waals surface area (Å²) in [5, 5.41) is 2.70. The second-order valence-corrected chi connectivity index (χ2v) is 8.04. The second-order valence-electron chi connectivity index (χ2n) is 6.36. The fraction of sp³-hybridized carbons (Fsp3) is 0.300. The number of sulfonamides is 1. The van der Waals surface area contributed by atoms with E-state index in [1.807, 2.05) is 0 Å². The first-order chi connectivity index (χ1) is 13.7. The van der Waals surface area contributed by atoms with Crippen LogP contribution in [0.15, 0.2) is 47.4 Å². The number of benzene rings is 2. The topological polar surface area (TPSA) is 111 Å². The Labute approximate surface area is 170 Å². The zero-order valence-electron chi connectivity index (χ0n) is 16.7.